The van der Waals surface area contributed by atoms with Crippen LogP contribution < -0.4 is 15.4 Å². The predicted molar refractivity (Wildman–Crippen MR) is 196 cm³/mol. The molecule has 3 aromatic heterocycles. The third kappa shape index (κ3) is 6.43. The number of hydrogen-bond acceptors (Lipinski definition) is 8. The highest BCUT2D eigenvalue weighted by atomic mass is 16.5. The van der Waals surface area contributed by atoms with Crippen LogP contribution in [0.3, 0.4) is 0 Å². The molecule has 3 aromatic carbocycles. The van der Waals surface area contributed by atoms with E-state index >= 15 is 0 Å². The molecule has 0 saturated heterocycles. The van der Waals surface area contributed by atoms with E-state index in [2.05, 4.69) is 91.4 Å². The molecule has 0 aliphatic heterocycles. The van der Waals surface area contributed by atoms with Gasteiger partial charge in [-0.25, -0.2) is 15.0 Å². The average molecular weight is 638 g/mol. The zero-order valence-electron chi connectivity index (χ0n) is 28.7. The normalized spacial score (nSPS) is 12.1. The minimum Gasteiger partial charge on any atom is -0.438 e. The van der Waals surface area contributed by atoms with Gasteiger partial charge in [-0.05, 0) is 59.7 Å². The highest BCUT2D eigenvalue weighted by Crippen LogP contribution is 2.48. The summed E-state index contributed by atoms with van der Waals surface area (Å²) < 4.78 is 6.33. The van der Waals surface area contributed by atoms with Crippen molar-refractivity contribution in [2.24, 2.45) is 10.8 Å². The number of nitrogens with zero attached hydrogens (tertiary/aromatic N) is 5. The van der Waals surface area contributed by atoms with Crippen LogP contribution in [0.25, 0.3) is 33.3 Å². The number of anilines is 3. The first-order valence-electron chi connectivity index (χ1n) is 16.4. The van der Waals surface area contributed by atoms with Gasteiger partial charge in [0.05, 0.1) is 11.3 Å². The summed E-state index contributed by atoms with van der Waals surface area (Å²) in [5.74, 6) is 2.37. The molecule has 0 radical (unpaired) electrons. The largest absolute Gasteiger partial charge is 0.438 e. The Labute approximate surface area is 283 Å². The second-order valence-corrected chi connectivity index (χ2v) is 14.1. The maximum absolute atomic E-state index is 6.33. The molecule has 8 heteroatoms. The molecule has 0 amide bonds. The number of pyridine rings is 1. The highest BCUT2D eigenvalue weighted by Gasteiger charge is 2.49. The van der Waals surface area contributed by atoms with Crippen molar-refractivity contribution in [3.63, 3.8) is 0 Å². The van der Waals surface area contributed by atoms with Crippen molar-refractivity contribution in [3.8, 4) is 34.1 Å². The maximum Gasteiger partial charge on any atom is 0.228 e. The van der Waals surface area contributed by atoms with E-state index in [1.165, 1.54) is 0 Å². The monoisotopic (exact) mass is 637 g/mol. The van der Waals surface area contributed by atoms with E-state index < -0.39 is 0 Å². The zero-order chi connectivity index (χ0) is 33.9. The van der Waals surface area contributed by atoms with Crippen LogP contribution >= 0.6 is 0 Å². The van der Waals surface area contributed by atoms with Gasteiger partial charge < -0.3 is 15.4 Å². The lowest BCUT2D eigenvalue weighted by atomic mass is 9.59. The SMILES string of the molecule is CCC(Nc1nccc(-c2cccnc2Oc2ccc(Nc3nnc(-c4ccccc4)c4ccccc34)cc2)n1)(C(C)(C)C)C(C)(C)C. The van der Waals surface area contributed by atoms with E-state index in [0.717, 1.165) is 45.4 Å². The van der Waals surface area contributed by atoms with Crippen molar-refractivity contribution < 1.29 is 4.74 Å². The Morgan fingerprint density at radius 2 is 1.35 bits per heavy atom. The zero-order valence-corrected chi connectivity index (χ0v) is 28.7. The van der Waals surface area contributed by atoms with Crippen LogP contribution in [-0.2, 0) is 0 Å². The van der Waals surface area contributed by atoms with Crippen LogP contribution in [0, 0.1) is 10.8 Å². The fourth-order valence-electron chi connectivity index (χ4n) is 6.94. The lowest BCUT2D eigenvalue weighted by Gasteiger charge is -2.54. The van der Waals surface area contributed by atoms with Gasteiger partial charge in [-0.3, -0.25) is 0 Å². The molecule has 2 N–H and O–H groups in total. The molecule has 6 aromatic rings. The van der Waals surface area contributed by atoms with Crippen LogP contribution in [-0.4, -0.2) is 30.7 Å². The topological polar surface area (TPSA) is 97.7 Å². The summed E-state index contributed by atoms with van der Waals surface area (Å²) in [7, 11) is 0. The summed E-state index contributed by atoms with van der Waals surface area (Å²) in [6.45, 7) is 15.8. The van der Waals surface area contributed by atoms with Gasteiger partial charge in [0.2, 0.25) is 11.8 Å². The number of aromatic nitrogens is 5. The molecule has 0 fully saturated rings. The van der Waals surface area contributed by atoms with E-state index in [0.29, 0.717) is 23.4 Å². The van der Waals surface area contributed by atoms with Gasteiger partial charge in [0.15, 0.2) is 5.82 Å². The third-order valence-electron chi connectivity index (χ3n) is 9.18. The van der Waals surface area contributed by atoms with Crippen molar-refractivity contribution in [1.82, 2.24) is 25.1 Å². The molecule has 48 heavy (non-hydrogen) atoms. The molecule has 0 bridgehead atoms. The summed E-state index contributed by atoms with van der Waals surface area (Å²) in [4.78, 5) is 14.1. The number of rotatable bonds is 9. The number of fused-ring (bicyclic) bond motifs is 1. The minimum atomic E-state index is -0.246. The van der Waals surface area contributed by atoms with Gasteiger partial charge in [0.25, 0.3) is 0 Å². The fraction of sp³-hybridized carbons (Fsp3) is 0.275. The molecule has 6 rings (SSSR count). The van der Waals surface area contributed by atoms with Gasteiger partial charge in [-0.1, -0.05) is 103 Å². The molecule has 0 aliphatic rings. The third-order valence-corrected chi connectivity index (χ3v) is 9.18. The van der Waals surface area contributed by atoms with Crippen molar-refractivity contribution in [3.05, 3.63) is 109 Å². The Balaban J connectivity index is 1.23. The Morgan fingerprint density at radius 1 is 0.667 bits per heavy atom. The Bertz CT molecular complexity index is 2000. The van der Waals surface area contributed by atoms with Crippen LogP contribution in [0.5, 0.6) is 11.6 Å². The van der Waals surface area contributed by atoms with E-state index in [9.17, 15) is 0 Å². The summed E-state index contributed by atoms with van der Waals surface area (Å²) in [6, 6.07) is 31.7. The van der Waals surface area contributed by atoms with E-state index in [4.69, 9.17) is 9.72 Å². The Kier molecular flexibility index (Phi) is 8.84. The number of benzene rings is 3. The second-order valence-electron chi connectivity index (χ2n) is 14.1. The summed E-state index contributed by atoms with van der Waals surface area (Å²) in [6.07, 6.45) is 4.42. The quantitative estimate of drug-likeness (QED) is 0.162. The summed E-state index contributed by atoms with van der Waals surface area (Å²) in [5.41, 5.74) is 3.91. The van der Waals surface area contributed by atoms with Crippen LogP contribution in [0.15, 0.2) is 109 Å². The molecular weight excluding hydrogens is 594 g/mol. The summed E-state index contributed by atoms with van der Waals surface area (Å²) in [5, 5.41) is 18.3. The number of hydrogen-bond donors (Lipinski definition) is 2. The first-order valence-corrected chi connectivity index (χ1v) is 16.4. The molecule has 3 heterocycles. The van der Waals surface area contributed by atoms with Gasteiger partial charge in [-0.2, -0.15) is 0 Å². The van der Waals surface area contributed by atoms with Crippen molar-refractivity contribution in [2.75, 3.05) is 10.6 Å². The van der Waals surface area contributed by atoms with E-state index in [1.54, 1.807) is 12.4 Å². The molecule has 244 valence electrons. The summed E-state index contributed by atoms with van der Waals surface area (Å²) >= 11 is 0. The van der Waals surface area contributed by atoms with Crippen LogP contribution in [0.2, 0.25) is 0 Å². The lowest BCUT2D eigenvalue weighted by Crippen LogP contribution is -2.58. The van der Waals surface area contributed by atoms with Crippen molar-refractivity contribution in [2.45, 2.75) is 60.4 Å². The number of ether oxygens (including phenoxy) is 1. The van der Waals surface area contributed by atoms with E-state index in [-0.39, 0.29) is 16.4 Å². The lowest BCUT2D eigenvalue weighted by molar-refractivity contribution is 0.0758. The predicted octanol–water partition coefficient (Wildman–Crippen LogP) is 10.3. The van der Waals surface area contributed by atoms with Gasteiger partial charge in [-0.15, -0.1) is 10.2 Å². The molecule has 0 atom stereocenters. The first kappa shape index (κ1) is 32.6. The average Bonchev–Trinajstić information content (AvgIpc) is 3.08. The first-order chi connectivity index (χ1) is 23.0. The fourth-order valence-corrected chi connectivity index (χ4v) is 6.94. The minimum absolute atomic E-state index is 0.0474. The van der Waals surface area contributed by atoms with Gasteiger partial charge in [0.1, 0.15) is 11.4 Å². The van der Waals surface area contributed by atoms with Crippen molar-refractivity contribution >= 4 is 28.2 Å². The van der Waals surface area contributed by atoms with Crippen molar-refractivity contribution in [1.29, 1.82) is 0 Å². The molecule has 0 saturated carbocycles. The molecule has 0 spiro atoms. The smallest absolute Gasteiger partial charge is 0.228 e. The molecular formula is C40H43N7O. The van der Waals surface area contributed by atoms with Gasteiger partial charge in [0, 0.05) is 40.0 Å². The molecule has 0 aliphatic carbocycles. The standard InChI is InChI=1S/C40H43N7O/c1-8-40(38(2,3)4,39(5,6)7)45-37-42-26-24-33(44-37)32-19-14-25-41-36(32)48-29-22-20-28(21-23-29)43-35-31-18-13-12-17-30(31)34(46-47-35)27-15-10-9-11-16-27/h9-26H,8H2,1-7H3,(H,43,47)(H,42,44,45). The van der Waals surface area contributed by atoms with E-state index in [1.807, 2.05) is 84.9 Å². The molecule has 8 nitrogen and oxygen atoms in total. The van der Waals surface area contributed by atoms with Gasteiger partial charge >= 0.3 is 0 Å². The van der Waals surface area contributed by atoms with Crippen LogP contribution in [0.1, 0.15) is 54.9 Å². The maximum atomic E-state index is 6.33. The van der Waals surface area contributed by atoms with Crippen LogP contribution in [0.4, 0.5) is 17.5 Å². The Hall–Kier alpha value is -5.37. The highest BCUT2D eigenvalue weighted by molar-refractivity contribution is 6.00. The second kappa shape index (κ2) is 13.0. The number of nitrogens with one attached hydrogen (secondary N) is 2. The Morgan fingerprint density at radius 3 is 2.04 bits per heavy atom. The molecule has 0 unspecified atom stereocenters.